The fourth-order valence-electron chi connectivity index (χ4n) is 8.48. The van der Waals surface area contributed by atoms with Crippen molar-refractivity contribution in [1.29, 1.82) is 0 Å². The molecule has 2 heterocycles. The molecule has 4 unspecified atom stereocenters. The number of fused-ring (bicyclic) bond motifs is 1. The third-order valence-corrected chi connectivity index (χ3v) is 11.7. The third-order valence-electron chi connectivity index (χ3n) is 11.2. The van der Waals surface area contributed by atoms with E-state index in [0.717, 1.165) is 30.5 Å². The number of hydrogen-bond acceptors (Lipinski definition) is 6. The van der Waals surface area contributed by atoms with Gasteiger partial charge < -0.3 is 10.0 Å². The molecule has 0 bridgehead atoms. The number of halogens is 5. The van der Waals surface area contributed by atoms with E-state index in [1.54, 1.807) is 13.8 Å². The van der Waals surface area contributed by atoms with Gasteiger partial charge in [0, 0.05) is 25.2 Å². The molecule has 1 amide bonds. The first kappa shape index (κ1) is 32.0. The molecule has 1 aromatic rings. The van der Waals surface area contributed by atoms with E-state index in [2.05, 4.69) is 23.9 Å². The first-order chi connectivity index (χ1) is 19.9. The summed E-state index contributed by atoms with van der Waals surface area (Å²) >= 11 is 12.4. The maximum absolute atomic E-state index is 14.8. The lowest BCUT2D eigenvalue weighted by molar-refractivity contribution is -0.226. The number of pyridine rings is 1. The minimum absolute atomic E-state index is 0.00465. The van der Waals surface area contributed by atoms with E-state index >= 15 is 0 Å². The van der Waals surface area contributed by atoms with Gasteiger partial charge in [-0.3, -0.25) is 24.4 Å². The molecule has 236 valence electrons. The Hall–Kier alpha value is -2.40. The molecule has 5 rings (SSSR count). The molecule has 1 aromatic heterocycles. The van der Waals surface area contributed by atoms with E-state index in [-0.39, 0.29) is 58.2 Å². The number of hydrogen-bond donors (Lipinski definition) is 1. The zero-order valence-electron chi connectivity index (χ0n) is 24.6. The van der Waals surface area contributed by atoms with Gasteiger partial charge in [0.15, 0.2) is 11.8 Å². The lowest BCUT2D eigenvalue weighted by atomic mass is 9.34. The van der Waals surface area contributed by atoms with Crippen molar-refractivity contribution >= 4 is 47.1 Å². The summed E-state index contributed by atoms with van der Waals surface area (Å²) in [5, 5.41) is 14.8. The second-order valence-corrected chi connectivity index (χ2v) is 14.5. The predicted octanol–water partition coefficient (Wildman–Crippen LogP) is 6.35. The first-order valence-electron chi connectivity index (χ1n) is 14.7. The van der Waals surface area contributed by atoms with E-state index in [1.807, 2.05) is 0 Å². The molecule has 0 saturated heterocycles. The smallest absolute Gasteiger partial charge is 0.411 e. The van der Waals surface area contributed by atoms with Crippen molar-refractivity contribution in [1.82, 2.24) is 14.9 Å². The van der Waals surface area contributed by atoms with Crippen molar-refractivity contribution in [3.8, 4) is 0 Å². The molecule has 8 atom stereocenters. The van der Waals surface area contributed by atoms with Crippen LogP contribution in [0.5, 0.6) is 0 Å². The summed E-state index contributed by atoms with van der Waals surface area (Å²) in [6.07, 6.45) is 2.03. The highest BCUT2D eigenvalue weighted by molar-refractivity contribution is 6.39. The van der Waals surface area contributed by atoms with Gasteiger partial charge in [0.2, 0.25) is 5.91 Å². The predicted molar refractivity (Wildman–Crippen MR) is 155 cm³/mol. The highest BCUT2D eigenvalue weighted by Gasteiger charge is 2.67. The van der Waals surface area contributed by atoms with Crippen LogP contribution in [0.2, 0.25) is 10.0 Å². The number of ketones is 1. The lowest BCUT2D eigenvalue weighted by Crippen LogP contribution is -2.68. The molecule has 3 fully saturated rings. The van der Waals surface area contributed by atoms with E-state index in [1.165, 1.54) is 17.3 Å². The maximum atomic E-state index is 14.8. The standard InChI is InChI=1S/C30H37Cl2F3N4O4/c1-16-9-27(3,26(42)43)6-5-21(16)39-24(30(33,34)35)18(11-37-39)25(41)38(15-29-8-7-28(29,4)10-17(29)2)14-22(40)23-19(31)12-36-13-20(23)32/h11-13,16-18,21,24H,5-10,14-15H2,1-4H3,(H,42,43)/t16-,17-,18?,21-,24?,27-,28?,29?/m1/s1. The summed E-state index contributed by atoms with van der Waals surface area (Å²) in [4.78, 5) is 44.7. The number of alkyl halides is 3. The van der Waals surface area contributed by atoms with Crippen molar-refractivity contribution in [3.05, 3.63) is 28.0 Å². The van der Waals surface area contributed by atoms with E-state index in [4.69, 9.17) is 23.2 Å². The van der Waals surface area contributed by atoms with Crippen LogP contribution in [-0.2, 0) is 9.59 Å². The number of carbonyl (C=O) groups excluding carboxylic acids is 2. The fourth-order valence-corrected chi connectivity index (χ4v) is 9.05. The van der Waals surface area contributed by atoms with Crippen LogP contribution >= 0.6 is 23.2 Å². The molecule has 43 heavy (non-hydrogen) atoms. The van der Waals surface area contributed by atoms with Crippen LogP contribution < -0.4 is 0 Å². The Balaban J connectivity index is 1.44. The minimum Gasteiger partial charge on any atom is -0.481 e. The number of amides is 1. The van der Waals surface area contributed by atoms with Gasteiger partial charge in [0.1, 0.15) is 5.92 Å². The van der Waals surface area contributed by atoms with Crippen molar-refractivity contribution < 1.29 is 32.7 Å². The number of aromatic nitrogens is 1. The molecule has 1 N–H and O–H groups in total. The second kappa shape index (κ2) is 10.9. The van der Waals surface area contributed by atoms with Crippen LogP contribution in [0.25, 0.3) is 0 Å². The Morgan fingerprint density at radius 1 is 1.09 bits per heavy atom. The summed E-state index contributed by atoms with van der Waals surface area (Å²) in [5.74, 6) is -4.24. The van der Waals surface area contributed by atoms with Crippen molar-refractivity contribution in [3.63, 3.8) is 0 Å². The topological polar surface area (TPSA) is 103 Å². The zero-order valence-corrected chi connectivity index (χ0v) is 26.1. The number of Topliss-reactive ketones (excluding diaryl/α,β-unsaturated/α-hetero) is 1. The molecule has 0 radical (unpaired) electrons. The molecule has 3 saturated carbocycles. The zero-order chi connectivity index (χ0) is 31.7. The van der Waals surface area contributed by atoms with Gasteiger partial charge in [-0.2, -0.15) is 18.3 Å². The van der Waals surface area contributed by atoms with Gasteiger partial charge in [0.25, 0.3) is 0 Å². The Morgan fingerprint density at radius 2 is 1.74 bits per heavy atom. The van der Waals surface area contributed by atoms with Crippen molar-refractivity contribution in [2.75, 3.05) is 13.1 Å². The molecule has 0 aromatic carbocycles. The molecule has 8 nitrogen and oxygen atoms in total. The average molecular weight is 646 g/mol. The van der Waals surface area contributed by atoms with Crippen LogP contribution in [0, 0.1) is 34.0 Å². The van der Waals surface area contributed by atoms with Crippen LogP contribution in [0.3, 0.4) is 0 Å². The fraction of sp³-hybridized carbons (Fsp3) is 0.700. The highest BCUT2D eigenvalue weighted by atomic mass is 35.5. The highest BCUT2D eigenvalue weighted by Crippen LogP contribution is 2.73. The quantitative estimate of drug-likeness (QED) is 0.331. The van der Waals surface area contributed by atoms with Crippen molar-refractivity contribution in [2.24, 2.45) is 39.1 Å². The van der Waals surface area contributed by atoms with Crippen LogP contribution in [0.1, 0.15) is 76.6 Å². The average Bonchev–Trinajstić information content (AvgIpc) is 3.35. The van der Waals surface area contributed by atoms with Gasteiger partial charge in [0.05, 0.1) is 33.6 Å². The first-order valence-corrected chi connectivity index (χ1v) is 15.4. The Bertz CT molecular complexity index is 1340. The third kappa shape index (κ3) is 5.22. The summed E-state index contributed by atoms with van der Waals surface area (Å²) in [6.45, 7) is 7.19. The minimum atomic E-state index is -4.81. The second-order valence-electron chi connectivity index (χ2n) is 13.7. The SMILES string of the molecule is C[C@@H]1C[C@](C)(C(=O)O)CC[C@H]1N1N=CC(C(=O)N(CC(=O)c2c(Cl)cncc2Cl)CC23CCC2(C)C[C@H]3C)C1C(F)(F)F. The number of aliphatic carboxylic acids is 1. The van der Waals surface area contributed by atoms with E-state index in [9.17, 15) is 32.7 Å². The van der Waals surface area contributed by atoms with Gasteiger partial charge in [-0.1, -0.05) is 44.0 Å². The number of hydrazone groups is 1. The van der Waals surface area contributed by atoms with Crippen LogP contribution in [-0.4, -0.2) is 75.2 Å². The maximum Gasteiger partial charge on any atom is 0.411 e. The Labute approximate surface area is 259 Å². The van der Waals surface area contributed by atoms with Gasteiger partial charge in [-0.15, -0.1) is 0 Å². The van der Waals surface area contributed by atoms with Crippen molar-refractivity contribution in [2.45, 2.75) is 84.5 Å². The molecule has 0 spiro atoms. The normalized spacial score (nSPS) is 36.9. The molecule has 13 heteroatoms. The molecule has 4 aliphatic rings. The summed E-state index contributed by atoms with van der Waals surface area (Å²) in [6, 6.07) is -2.94. The van der Waals surface area contributed by atoms with Crippen LogP contribution in [0.15, 0.2) is 17.5 Å². The summed E-state index contributed by atoms with van der Waals surface area (Å²) < 4.78 is 44.4. The van der Waals surface area contributed by atoms with Gasteiger partial charge >= 0.3 is 12.1 Å². The van der Waals surface area contributed by atoms with E-state index in [0.29, 0.717) is 0 Å². The van der Waals surface area contributed by atoms with Gasteiger partial charge in [-0.25, -0.2) is 0 Å². The lowest BCUT2D eigenvalue weighted by Gasteiger charge is -2.72. The number of carboxylic acid groups (broad SMARTS) is 1. The molecule has 1 aliphatic heterocycles. The summed E-state index contributed by atoms with van der Waals surface area (Å²) in [7, 11) is 0. The van der Waals surface area contributed by atoms with E-state index < -0.39 is 59.7 Å². The summed E-state index contributed by atoms with van der Waals surface area (Å²) in [5.41, 5.74) is -1.41. The molecular weight excluding hydrogens is 608 g/mol. The van der Waals surface area contributed by atoms with Crippen LogP contribution in [0.4, 0.5) is 13.2 Å². The Morgan fingerprint density at radius 3 is 2.23 bits per heavy atom. The van der Waals surface area contributed by atoms with Gasteiger partial charge in [-0.05, 0) is 68.1 Å². The number of nitrogens with zero attached hydrogens (tertiary/aromatic N) is 4. The molecule has 3 aliphatic carbocycles. The largest absolute Gasteiger partial charge is 0.481 e. The molecular formula is C30H37Cl2F3N4O4. The number of carbonyl (C=O) groups is 3. The number of carboxylic acids is 1. The Kier molecular flexibility index (Phi) is 8.11. The monoisotopic (exact) mass is 644 g/mol. The number of rotatable bonds is 8.